The van der Waals surface area contributed by atoms with Gasteiger partial charge in [-0.3, -0.25) is 0 Å². The molecule has 0 amide bonds. The van der Waals surface area contributed by atoms with Crippen LogP contribution in [0.5, 0.6) is 11.5 Å². The maximum atomic E-state index is 12.1. The molecule has 3 heterocycles. The summed E-state index contributed by atoms with van der Waals surface area (Å²) in [5.74, 6) is 0.906. The van der Waals surface area contributed by atoms with Crippen molar-refractivity contribution in [3.63, 3.8) is 0 Å². The standard InChI is InChI=1S/C22H21BrN2O5S2/c23-22-20(30-14-4-6-15(7-5-14)32(27,28)12-10-26)16-8-9-18-17(21(16)31-22)13-24-25(18)19-3-1-2-11-29-19/h4-9,13,19,26H,1-3,10-12H2. The highest BCUT2D eigenvalue weighted by Crippen LogP contribution is 2.46. The number of aliphatic hydroxyl groups is 1. The molecule has 0 spiro atoms. The van der Waals surface area contributed by atoms with E-state index in [-0.39, 0.29) is 16.9 Å². The highest BCUT2D eigenvalue weighted by Gasteiger charge is 2.22. The number of fused-ring (bicyclic) bond motifs is 3. The predicted octanol–water partition coefficient (Wildman–Crippen LogP) is 5.27. The van der Waals surface area contributed by atoms with Crippen molar-refractivity contribution in [3.8, 4) is 11.5 Å². The number of ether oxygens (including phenoxy) is 2. The fourth-order valence-electron chi connectivity index (χ4n) is 3.94. The predicted molar refractivity (Wildman–Crippen MR) is 127 cm³/mol. The third-order valence-corrected chi connectivity index (χ3v) is 9.10. The molecule has 1 aliphatic rings. The first-order valence-electron chi connectivity index (χ1n) is 10.3. The van der Waals surface area contributed by atoms with Gasteiger partial charge in [0.2, 0.25) is 0 Å². The van der Waals surface area contributed by atoms with Gasteiger partial charge in [-0.25, -0.2) is 13.1 Å². The summed E-state index contributed by atoms with van der Waals surface area (Å²) in [7, 11) is -3.50. The van der Waals surface area contributed by atoms with Crippen LogP contribution in [-0.2, 0) is 14.6 Å². The van der Waals surface area contributed by atoms with E-state index in [2.05, 4.69) is 21.0 Å². The molecule has 1 fully saturated rings. The Kier molecular flexibility index (Phi) is 5.98. The van der Waals surface area contributed by atoms with Crippen LogP contribution in [0.1, 0.15) is 25.5 Å². The van der Waals surface area contributed by atoms with E-state index in [0.717, 1.165) is 50.6 Å². The van der Waals surface area contributed by atoms with Crippen molar-refractivity contribution in [1.82, 2.24) is 9.78 Å². The van der Waals surface area contributed by atoms with Gasteiger partial charge in [-0.1, -0.05) is 0 Å². The molecule has 0 aliphatic carbocycles. The lowest BCUT2D eigenvalue weighted by atomic mass is 10.1. The van der Waals surface area contributed by atoms with Crippen LogP contribution in [0.25, 0.3) is 21.0 Å². The van der Waals surface area contributed by atoms with Gasteiger partial charge < -0.3 is 14.6 Å². The minimum atomic E-state index is -3.50. The molecule has 7 nitrogen and oxygen atoms in total. The zero-order chi connectivity index (χ0) is 22.3. The fourth-order valence-corrected chi connectivity index (χ4v) is 6.71. The smallest absolute Gasteiger partial charge is 0.180 e. The van der Waals surface area contributed by atoms with E-state index in [1.165, 1.54) is 12.1 Å². The average Bonchev–Trinajstić information content (AvgIpc) is 3.36. The second-order valence-corrected chi connectivity index (χ2v) is 12.1. The SMILES string of the molecule is O=S(=O)(CCO)c1ccc(Oc2c(Br)sc3c2ccc2c3cnn2C2CCCCO2)cc1. The summed E-state index contributed by atoms with van der Waals surface area (Å²) in [6, 6.07) is 10.3. The van der Waals surface area contributed by atoms with Crippen molar-refractivity contribution < 1.29 is 23.0 Å². The molecule has 1 unspecified atom stereocenters. The number of rotatable bonds is 6. The highest BCUT2D eigenvalue weighted by atomic mass is 79.9. The summed E-state index contributed by atoms with van der Waals surface area (Å²) in [5.41, 5.74) is 1.03. The van der Waals surface area contributed by atoms with Crippen LogP contribution in [0.3, 0.4) is 0 Å². The van der Waals surface area contributed by atoms with Gasteiger partial charge in [0.1, 0.15) is 9.54 Å². The van der Waals surface area contributed by atoms with Crippen LogP contribution in [0.15, 0.2) is 51.3 Å². The normalized spacial score (nSPS) is 17.2. The van der Waals surface area contributed by atoms with Crippen molar-refractivity contribution in [2.24, 2.45) is 0 Å². The van der Waals surface area contributed by atoms with Crippen molar-refractivity contribution in [3.05, 3.63) is 46.4 Å². The Morgan fingerprint density at radius 1 is 1.19 bits per heavy atom. The molecule has 5 rings (SSSR count). The molecular weight excluding hydrogens is 516 g/mol. The van der Waals surface area contributed by atoms with E-state index in [1.54, 1.807) is 23.5 Å². The highest BCUT2D eigenvalue weighted by molar-refractivity contribution is 9.11. The lowest BCUT2D eigenvalue weighted by Gasteiger charge is -2.23. The Balaban J connectivity index is 1.48. The Hall–Kier alpha value is -1.98. The number of halogens is 1. The van der Waals surface area contributed by atoms with Crippen LogP contribution in [0.2, 0.25) is 0 Å². The van der Waals surface area contributed by atoms with Crippen LogP contribution in [0, 0.1) is 0 Å². The van der Waals surface area contributed by atoms with Gasteiger partial charge in [0.15, 0.2) is 21.8 Å². The van der Waals surface area contributed by atoms with Crippen LogP contribution in [0.4, 0.5) is 0 Å². The Morgan fingerprint density at radius 3 is 2.72 bits per heavy atom. The maximum absolute atomic E-state index is 12.1. The number of hydrogen-bond acceptors (Lipinski definition) is 7. The van der Waals surface area contributed by atoms with Crippen molar-refractivity contribution in [2.75, 3.05) is 19.0 Å². The molecule has 168 valence electrons. The van der Waals surface area contributed by atoms with Crippen molar-refractivity contribution >= 4 is 58.1 Å². The van der Waals surface area contributed by atoms with E-state index in [0.29, 0.717) is 11.5 Å². The van der Waals surface area contributed by atoms with Crippen molar-refractivity contribution in [1.29, 1.82) is 0 Å². The Morgan fingerprint density at radius 2 is 2.00 bits per heavy atom. The van der Waals surface area contributed by atoms with Crippen LogP contribution < -0.4 is 4.74 Å². The van der Waals surface area contributed by atoms with Gasteiger partial charge in [0.05, 0.1) is 33.7 Å². The molecule has 0 radical (unpaired) electrons. The molecule has 10 heteroatoms. The van der Waals surface area contributed by atoms with Gasteiger partial charge in [0, 0.05) is 17.4 Å². The molecule has 0 saturated carbocycles. The summed E-state index contributed by atoms with van der Waals surface area (Å²) in [5, 5.41) is 15.6. The number of aliphatic hydroxyl groups excluding tert-OH is 1. The minimum absolute atomic E-state index is 0.0292. The quantitative estimate of drug-likeness (QED) is 0.361. The first-order valence-corrected chi connectivity index (χ1v) is 13.6. The fraction of sp³-hybridized carbons (Fsp3) is 0.318. The monoisotopic (exact) mass is 536 g/mol. The molecule has 2 aromatic carbocycles. The first kappa shape index (κ1) is 21.8. The lowest BCUT2D eigenvalue weighted by molar-refractivity contribution is -0.0366. The number of benzene rings is 2. The van der Waals surface area contributed by atoms with E-state index < -0.39 is 16.4 Å². The first-order chi connectivity index (χ1) is 15.5. The lowest BCUT2D eigenvalue weighted by Crippen LogP contribution is -2.18. The number of nitrogens with zero attached hydrogens (tertiary/aromatic N) is 2. The average molecular weight is 537 g/mol. The summed E-state index contributed by atoms with van der Waals surface area (Å²) >= 11 is 5.20. The third kappa shape index (κ3) is 3.94. The molecular formula is C22H21BrN2O5S2. The van der Waals surface area contributed by atoms with Gasteiger partial charge in [-0.2, -0.15) is 5.10 Å². The van der Waals surface area contributed by atoms with Gasteiger partial charge in [0.25, 0.3) is 0 Å². The topological polar surface area (TPSA) is 90.7 Å². The zero-order valence-electron chi connectivity index (χ0n) is 17.0. The molecule has 32 heavy (non-hydrogen) atoms. The summed E-state index contributed by atoms with van der Waals surface area (Å²) in [4.78, 5) is 0.159. The Bertz CT molecular complexity index is 1370. The maximum Gasteiger partial charge on any atom is 0.180 e. The van der Waals surface area contributed by atoms with E-state index in [4.69, 9.17) is 14.6 Å². The van der Waals surface area contributed by atoms with E-state index in [9.17, 15) is 8.42 Å². The minimum Gasteiger partial charge on any atom is -0.455 e. The van der Waals surface area contributed by atoms with E-state index >= 15 is 0 Å². The molecule has 2 aromatic heterocycles. The Labute approximate surface area is 197 Å². The number of sulfone groups is 1. The second-order valence-electron chi connectivity index (χ2n) is 7.61. The van der Waals surface area contributed by atoms with Crippen molar-refractivity contribution in [2.45, 2.75) is 30.4 Å². The molecule has 1 atom stereocenters. The van der Waals surface area contributed by atoms with E-state index in [1.807, 2.05) is 23.0 Å². The number of aromatic nitrogens is 2. The largest absolute Gasteiger partial charge is 0.455 e. The van der Waals surface area contributed by atoms with Gasteiger partial charge in [-0.05, 0) is 71.6 Å². The van der Waals surface area contributed by atoms with Gasteiger partial charge >= 0.3 is 0 Å². The second kappa shape index (κ2) is 8.75. The van der Waals surface area contributed by atoms with Crippen LogP contribution in [-0.4, -0.2) is 42.3 Å². The molecule has 1 aliphatic heterocycles. The number of hydrogen-bond donors (Lipinski definition) is 1. The molecule has 1 N–H and O–H groups in total. The third-order valence-electron chi connectivity index (χ3n) is 5.54. The summed E-state index contributed by atoms with van der Waals surface area (Å²) in [6.45, 7) is 0.350. The van der Waals surface area contributed by atoms with Crippen LogP contribution >= 0.6 is 27.3 Å². The molecule has 4 aromatic rings. The number of thiophene rings is 1. The summed E-state index contributed by atoms with van der Waals surface area (Å²) in [6.07, 6.45) is 5.03. The van der Waals surface area contributed by atoms with Gasteiger partial charge in [-0.15, -0.1) is 11.3 Å². The summed E-state index contributed by atoms with van der Waals surface area (Å²) < 4.78 is 40.1. The molecule has 1 saturated heterocycles. The molecule has 0 bridgehead atoms. The zero-order valence-corrected chi connectivity index (χ0v) is 20.2.